The lowest BCUT2D eigenvalue weighted by Crippen LogP contribution is -2.22. The third-order valence-corrected chi connectivity index (χ3v) is 3.88. The Morgan fingerprint density at radius 2 is 1.67 bits per heavy atom. The first-order valence-electron chi connectivity index (χ1n) is 8.57. The second-order valence-electron chi connectivity index (χ2n) is 6.10. The number of rotatable bonds is 11. The molecule has 0 aliphatic carbocycles. The molecule has 0 saturated carbocycles. The SMILES string of the molecule is CCCCCC(CCCCC)Nc1cccnc1N(C)C. The summed E-state index contributed by atoms with van der Waals surface area (Å²) in [5, 5.41) is 3.74. The van der Waals surface area contributed by atoms with Gasteiger partial charge in [0.1, 0.15) is 0 Å². The molecule has 0 saturated heterocycles. The first-order valence-corrected chi connectivity index (χ1v) is 8.57. The molecule has 0 aliphatic rings. The third kappa shape index (κ3) is 6.83. The van der Waals surface area contributed by atoms with Gasteiger partial charge in [-0.15, -0.1) is 0 Å². The van der Waals surface area contributed by atoms with E-state index in [0.29, 0.717) is 6.04 Å². The van der Waals surface area contributed by atoms with E-state index in [9.17, 15) is 0 Å². The number of anilines is 2. The van der Waals surface area contributed by atoms with Crippen molar-refractivity contribution in [1.82, 2.24) is 4.98 Å². The zero-order chi connectivity index (χ0) is 15.5. The molecule has 1 heterocycles. The molecule has 120 valence electrons. The minimum atomic E-state index is 0.575. The molecule has 0 spiro atoms. The Balaban J connectivity index is 2.65. The highest BCUT2D eigenvalue weighted by Crippen LogP contribution is 2.24. The Bertz CT molecular complexity index is 366. The van der Waals surface area contributed by atoms with Crippen molar-refractivity contribution in [2.75, 3.05) is 24.3 Å². The lowest BCUT2D eigenvalue weighted by atomic mass is 10.0. The Hall–Kier alpha value is -1.25. The van der Waals surface area contributed by atoms with Gasteiger partial charge in [0.2, 0.25) is 0 Å². The van der Waals surface area contributed by atoms with Crippen LogP contribution in [0.4, 0.5) is 11.5 Å². The normalized spacial score (nSPS) is 10.9. The molecule has 3 heteroatoms. The van der Waals surface area contributed by atoms with Gasteiger partial charge in [-0.05, 0) is 25.0 Å². The van der Waals surface area contributed by atoms with Crippen LogP contribution in [0.1, 0.15) is 65.2 Å². The molecule has 0 aromatic carbocycles. The quantitative estimate of drug-likeness (QED) is 0.576. The van der Waals surface area contributed by atoms with Crippen molar-refractivity contribution >= 4 is 11.5 Å². The minimum Gasteiger partial charge on any atom is -0.379 e. The largest absolute Gasteiger partial charge is 0.379 e. The average Bonchev–Trinajstić information content (AvgIpc) is 2.48. The van der Waals surface area contributed by atoms with Crippen LogP contribution in [-0.4, -0.2) is 25.1 Å². The number of unbranched alkanes of at least 4 members (excludes halogenated alkanes) is 4. The van der Waals surface area contributed by atoms with E-state index in [1.807, 2.05) is 12.3 Å². The lowest BCUT2D eigenvalue weighted by molar-refractivity contribution is 0.526. The summed E-state index contributed by atoms with van der Waals surface area (Å²) in [5.74, 6) is 1.04. The van der Waals surface area contributed by atoms with Crippen LogP contribution in [-0.2, 0) is 0 Å². The average molecular weight is 291 g/mol. The van der Waals surface area contributed by atoms with Crippen molar-refractivity contribution in [3.05, 3.63) is 18.3 Å². The molecule has 0 aliphatic heterocycles. The first-order chi connectivity index (χ1) is 10.2. The van der Waals surface area contributed by atoms with Crippen molar-refractivity contribution < 1.29 is 0 Å². The fraction of sp³-hybridized carbons (Fsp3) is 0.722. The number of nitrogens with one attached hydrogen (secondary N) is 1. The summed E-state index contributed by atoms with van der Waals surface area (Å²) >= 11 is 0. The van der Waals surface area contributed by atoms with E-state index < -0.39 is 0 Å². The molecular weight excluding hydrogens is 258 g/mol. The fourth-order valence-corrected chi connectivity index (χ4v) is 2.66. The van der Waals surface area contributed by atoms with E-state index in [1.165, 1.54) is 57.1 Å². The van der Waals surface area contributed by atoms with Gasteiger partial charge in [0.15, 0.2) is 5.82 Å². The van der Waals surface area contributed by atoms with E-state index in [1.54, 1.807) is 0 Å². The predicted octanol–water partition coefficient (Wildman–Crippen LogP) is 5.09. The summed E-state index contributed by atoms with van der Waals surface area (Å²) in [6.45, 7) is 4.54. The number of hydrogen-bond donors (Lipinski definition) is 1. The predicted molar refractivity (Wildman–Crippen MR) is 94.3 cm³/mol. The zero-order valence-electron chi connectivity index (χ0n) is 14.4. The van der Waals surface area contributed by atoms with Crippen molar-refractivity contribution in [1.29, 1.82) is 0 Å². The smallest absolute Gasteiger partial charge is 0.151 e. The molecule has 0 amide bonds. The van der Waals surface area contributed by atoms with Crippen molar-refractivity contribution in [2.45, 2.75) is 71.3 Å². The van der Waals surface area contributed by atoms with Crippen LogP contribution in [0.25, 0.3) is 0 Å². The molecule has 0 fully saturated rings. The highest BCUT2D eigenvalue weighted by Gasteiger charge is 2.12. The van der Waals surface area contributed by atoms with Gasteiger partial charge < -0.3 is 10.2 Å². The molecule has 21 heavy (non-hydrogen) atoms. The van der Waals surface area contributed by atoms with E-state index in [-0.39, 0.29) is 0 Å². The maximum Gasteiger partial charge on any atom is 0.151 e. The summed E-state index contributed by atoms with van der Waals surface area (Å²) in [7, 11) is 4.10. The summed E-state index contributed by atoms with van der Waals surface area (Å²) in [4.78, 5) is 6.57. The second kappa shape index (κ2) is 10.5. The van der Waals surface area contributed by atoms with Gasteiger partial charge in [0.25, 0.3) is 0 Å². The van der Waals surface area contributed by atoms with Crippen molar-refractivity contribution in [2.24, 2.45) is 0 Å². The van der Waals surface area contributed by atoms with E-state index in [4.69, 9.17) is 0 Å². The highest BCUT2D eigenvalue weighted by atomic mass is 15.2. The Kier molecular flexibility index (Phi) is 8.88. The zero-order valence-corrected chi connectivity index (χ0v) is 14.4. The molecule has 1 aromatic heterocycles. The molecule has 3 nitrogen and oxygen atoms in total. The van der Waals surface area contributed by atoms with Crippen molar-refractivity contribution in [3.8, 4) is 0 Å². The third-order valence-electron chi connectivity index (χ3n) is 3.88. The number of aromatic nitrogens is 1. The van der Waals surface area contributed by atoms with E-state index >= 15 is 0 Å². The molecular formula is C18H33N3. The second-order valence-corrected chi connectivity index (χ2v) is 6.10. The van der Waals surface area contributed by atoms with Gasteiger partial charge in [-0.1, -0.05) is 52.4 Å². The molecule has 1 N–H and O–H groups in total. The van der Waals surface area contributed by atoms with Crippen LogP contribution in [0.3, 0.4) is 0 Å². The summed E-state index contributed by atoms with van der Waals surface area (Å²) in [6, 6.07) is 4.74. The Labute approximate surface area is 131 Å². The lowest BCUT2D eigenvalue weighted by Gasteiger charge is -2.23. The van der Waals surface area contributed by atoms with Crippen LogP contribution in [0.5, 0.6) is 0 Å². The van der Waals surface area contributed by atoms with Crippen LogP contribution < -0.4 is 10.2 Å². The van der Waals surface area contributed by atoms with Gasteiger partial charge in [-0.2, -0.15) is 0 Å². The molecule has 0 atom stereocenters. The molecule has 0 bridgehead atoms. The van der Waals surface area contributed by atoms with Crippen LogP contribution in [0.15, 0.2) is 18.3 Å². The number of hydrogen-bond acceptors (Lipinski definition) is 3. The topological polar surface area (TPSA) is 28.2 Å². The molecule has 0 radical (unpaired) electrons. The standard InChI is InChI=1S/C18H33N3/c1-5-7-9-12-16(13-10-8-6-2)20-17-14-11-15-19-18(17)21(3)4/h11,14-16,20H,5-10,12-13H2,1-4H3. The van der Waals surface area contributed by atoms with E-state index in [0.717, 1.165) is 5.82 Å². The molecule has 1 rings (SSSR count). The summed E-state index contributed by atoms with van der Waals surface area (Å²) < 4.78 is 0. The van der Waals surface area contributed by atoms with Gasteiger partial charge in [-0.25, -0.2) is 4.98 Å². The van der Waals surface area contributed by atoms with Crippen LogP contribution in [0.2, 0.25) is 0 Å². The maximum atomic E-state index is 4.49. The van der Waals surface area contributed by atoms with Crippen LogP contribution in [0, 0.1) is 0 Å². The molecule has 0 unspecified atom stereocenters. The fourth-order valence-electron chi connectivity index (χ4n) is 2.66. The summed E-state index contributed by atoms with van der Waals surface area (Å²) in [6.07, 6.45) is 12.3. The maximum absolute atomic E-state index is 4.49. The van der Waals surface area contributed by atoms with Gasteiger partial charge in [-0.3, -0.25) is 0 Å². The van der Waals surface area contributed by atoms with Gasteiger partial charge in [0.05, 0.1) is 5.69 Å². The minimum absolute atomic E-state index is 0.575. The Morgan fingerprint density at radius 1 is 1.05 bits per heavy atom. The van der Waals surface area contributed by atoms with Gasteiger partial charge in [0, 0.05) is 26.3 Å². The van der Waals surface area contributed by atoms with Crippen LogP contribution >= 0.6 is 0 Å². The summed E-state index contributed by atoms with van der Waals surface area (Å²) in [5.41, 5.74) is 1.17. The highest BCUT2D eigenvalue weighted by molar-refractivity contribution is 5.65. The van der Waals surface area contributed by atoms with Crippen molar-refractivity contribution in [3.63, 3.8) is 0 Å². The Morgan fingerprint density at radius 3 is 2.19 bits per heavy atom. The monoisotopic (exact) mass is 291 g/mol. The van der Waals surface area contributed by atoms with E-state index in [2.05, 4.69) is 49.2 Å². The van der Waals surface area contributed by atoms with Gasteiger partial charge >= 0.3 is 0 Å². The number of nitrogens with zero attached hydrogens (tertiary/aromatic N) is 2. The first kappa shape index (κ1) is 17.8. The number of pyridine rings is 1. The molecule has 1 aromatic rings.